The number of hydrogen-bond donors (Lipinski definition) is 3. The van der Waals surface area contributed by atoms with Crippen molar-refractivity contribution >= 4 is 29.4 Å². The second kappa shape index (κ2) is 9.13. The van der Waals surface area contributed by atoms with Crippen molar-refractivity contribution in [3.8, 4) is 11.1 Å². The van der Waals surface area contributed by atoms with Gasteiger partial charge in [0, 0.05) is 17.3 Å². The molecule has 1 amide bonds. The lowest BCUT2D eigenvalue weighted by atomic mass is 9.98. The second-order valence-electron chi connectivity index (χ2n) is 9.25. The van der Waals surface area contributed by atoms with Crippen molar-refractivity contribution in [3.05, 3.63) is 82.9 Å². The van der Waals surface area contributed by atoms with Crippen molar-refractivity contribution in [1.82, 2.24) is 0 Å². The van der Waals surface area contributed by atoms with Crippen LogP contribution < -0.4 is 11.1 Å². The Morgan fingerprint density at radius 2 is 1.54 bits per heavy atom. The minimum atomic E-state index is -1.38. The maximum Gasteiger partial charge on any atom is 0.411 e. The number of carboxylic acid groups (broad SMARTS) is 1. The molecule has 4 N–H and O–H groups in total. The molecule has 35 heavy (non-hydrogen) atoms. The van der Waals surface area contributed by atoms with E-state index >= 15 is 0 Å². The molecule has 1 aliphatic carbocycles. The Morgan fingerprint density at radius 1 is 0.971 bits per heavy atom. The summed E-state index contributed by atoms with van der Waals surface area (Å²) < 4.78 is 10.8. The van der Waals surface area contributed by atoms with Gasteiger partial charge in [0.25, 0.3) is 0 Å². The van der Waals surface area contributed by atoms with Gasteiger partial charge in [0.1, 0.15) is 12.2 Å². The number of carboxylic acids is 1. The van der Waals surface area contributed by atoms with E-state index < -0.39 is 23.6 Å². The molecule has 8 nitrogen and oxygen atoms in total. The highest BCUT2D eigenvalue weighted by atomic mass is 16.6. The summed E-state index contributed by atoms with van der Waals surface area (Å²) in [6.07, 6.45) is -0.771. The summed E-state index contributed by atoms with van der Waals surface area (Å²) in [4.78, 5) is 36.9. The molecule has 0 saturated heterocycles. The Balaban J connectivity index is 1.51. The molecule has 4 rings (SSSR count). The molecule has 0 bridgehead atoms. The molecule has 8 heteroatoms. The fourth-order valence-corrected chi connectivity index (χ4v) is 4.21. The third-order valence-electron chi connectivity index (χ3n) is 5.59. The minimum Gasteiger partial charge on any atom is -0.478 e. The Labute approximate surface area is 202 Å². The zero-order valence-electron chi connectivity index (χ0n) is 19.6. The SMILES string of the molecule is CC(C)(C)OC(=O)c1c(N)cc(NC(=O)OCC2c3ccccc3-c3ccccc32)cc1C(=O)O. The van der Waals surface area contributed by atoms with Crippen molar-refractivity contribution in [3.63, 3.8) is 0 Å². The lowest BCUT2D eigenvalue weighted by Gasteiger charge is -2.21. The number of nitrogen functional groups attached to an aromatic ring is 1. The number of fused-ring (bicyclic) bond motifs is 3. The summed E-state index contributed by atoms with van der Waals surface area (Å²) in [7, 11) is 0. The molecular weight excluding hydrogens is 448 g/mol. The van der Waals surface area contributed by atoms with Crippen molar-refractivity contribution in [1.29, 1.82) is 0 Å². The molecule has 0 aromatic heterocycles. The Morgan fingerprint density at radius 3 is 2.09 bits per heavy atom. The van der Waals surface area contributed by atoms with Gasteiger partial charge >= 0.3 is 18.0 Å². The van der Waals surface area contributed by atoms with E-state index in [1.54, 1.807) is 20.8 Å². The van der Waals surface area contributed by atoms with E-state index in [9.17, 15) is 19.5 Å². The number of carbonyl (C=O) groups excluding carboxylic acids is 2. The van der Waals surface area contributed by atoms with Gasteiger partial charge in [0.2, 0.25) is 0 Å². The third kappa shape index (κ3) is 4.96. The van der Waals surface area contributed by atoms with Crippen LogP contribution in [0, 0.1) is 0 Å². The van der Waals surface area contributed by atoms with Crippen LogP contribution >= 0.6 is 0 Å². The average molecular weight is 475 g/mol. The Kier molecular flexibility index (Phi) is 6.22. The van der Waals surface area contributed by atoms with E-state index in [0.29, 0.717) is 0 Å². The molecule has 0 spiro atoms. The maximum atomic E-state index is 12.6. The predicted octanol–water partition coefficient (Wildman–Crippen LogP) is 5.28. The Bertz CT molecular complexity index is 1280. The van der Waals surface area contributed by atoms with Crippen LogP contribution in [0.15, 0.2) is 60.7 Å². The molecule has 0 aliphatic heterocycles. The first-order valence-electron chi connectivity index (χ1n) is 11.1. The van der Waals surface area contributed by atoms with Gasteiger partial charge in [0.05, 0.1) is 11.1 Å². The first-order chi connectivity index (χ1) is 16.5. The lowest BCUT2D eigenvalue weighted by molar-refractivity contribution is 0.00671. The fraction of sp³-hybridized carbons (Fsp3) is 0.222. The van der Waals surface area contributed by atoms with Gasteiger partial charge in [0.15, 0.2) is 0 Å². The number of carbonyl (C=O) groups is 3. The molecular formula is C27H26N2O6. The molecule has 3 aromatic rings. The first kappa shape index (κ1) is 23.8. The van der Waals surface area contributed by atoms with Gasteiger partial charge < -0.3 is 20.3 Å². The highest BCUT2D eigenvalue weighted by Crippen LogP contribution is 2.44. The number of rotatable bonds is 5. The number of anilines is 2. The van der Waals surface area contributed by atoms with Gasteiger partial charge in [-0.25, -0.2) is 14.4 Å². The maximum absolute atomic E-state index is 12.6. The zero-order valence-corrected chi connectivity index (χ0v) is 19.6. The third-order valence-corrected chi connectivity index (χ3v) is 5.59. The summed E-state index contributed by atoms with van der Waals surface area (Å²) in [6, 6.07) is 18.4. The van der Waals surface area contributed by atoms with Crippen LogP contribution in [-0.4, -0.2) is 35.3 Å². The lowest BCUT2D eigenvalue weighted by Crippen LogP contribution is -2.26. The average Bonchev–Trinajstić information content (AvgIpc) is 3.09. The van der Waals surface area contributed by atoms with Crippen molar-refractivity contribution < 1.29 is 29.0 Å². The van der Waals surface area contributed by atoms with Crippen LogP contribution in [-0.2, 0) is 9.47 Å². The second-order valence-corrected chi connectivity index (χ2v) is 9.25. The molecule has 0 unspecified atom stereocenters. The number of hydrogen-bond acceptors (Lipinski definition) is 6. The van der Waals surface area contributed by atoms with Crippen LogP contribution in [0.4, 0.5) is 16.2 Å². The van der Waals surface area contributed by atoms with Crippen LogP contribution in [0.2, 0.25) is 0 Å². The summed E-state index contributed by atoms with van der Waals surface area (Å²) in [5, 5.41) is 12.1. The van der Waals surface area contributed by atoms with Gasteiger partial charge in [-0.3, -0.25) is 5.32 Å². The predicted molar refractivity (Wildman–Crippen MR) is 132 cm³/mol. The topological polar surface area (TPSA) is 128 Å². The van der Waals surface area contributed by atoms with Gasteiger partial charge in [-0.15, -0.1) is 0 Å². The smallest absolute Gasteiger partial charge is 0.411 e. The minimum absolute atomic E-state index is 0.0874. The first-order valence-corrected chi connectivity index (χ1v) is 11.1. The van der Waals surface area contributed by atoms with Crippen LogP contribution in [0.3, 0.4) is 0 Å². The summed E-state index contributed by atoms with van der Waals surface area (Å²) in [5.41, 5.74) is 8.80. The zero-order chi connectivity index (χ0) is 25.3. The number of nitrogens with two attached hydrogens (primary N) is 1. The normalized spacial score (nSPS) is 12.4. The molecule has 180 valence electrons. The standard InChI is InChI=1S/C27H26N2O6/c1-27(2,3)35-25(32)23-20(24(30)31)12-15(13-22(23)28)29-26(33)34-14-21-18-10-6-4-8-16(18)17-9-5-7-11-19(17)21/h4-13,21H,14,28H2,1-3H3,(H,29,33)(H,30,31). The van der Waals surface area contributed by atoms with Gasteiger partial charge in [-0.1, -0.05) is 48.5 Å². The van der Waals surface area contributed by atoms with E-state index in [1.165, 1.54) is 6.07 Å². The molecule has 1 aliphatic rings. The van der Waals surface area contributed by atoms with Crippen LogP contribution in [0.5, 0.6) is 0 Å². The number of esters is 1. The summed E-state index contributed by atoms with van der Waals surface area (Å²) >= 11 is 0. The van der Waals surface area contributed by atoms with Gasteiger partial charge in [-0.05, 0) is 55.2 Å². The molecule has 0 fully saturated rings. The van der Waals surface area contributed by atoms with Crippen LogP contribution in [0.1, 0.15) is 58.5 Å². The summed E-state index contributed by atoms with van der Waals surface area (Å²) in [6.45, 7) is 5.08. The number of amides is 1. The Hall–Kier alpha value is -4.33. The van der Waals surface area contributed by atoms with Crippen molar-refractivity contribution in [2.24, 2.45) is 0 Å². The number of benzene rings is 3. The molecule has 0 heterocycles. The number of aromatic carboxylic acids is 1. The monoisotopic (exact) mass is 474 g/mol. The van der Waals surface area contributed by atoms with E-state index in [4.69, 9.17) is 15.2 Å². The molecule has 3 aromatic carbocycles. The highest BCUT2D eigenvalue weighted by Gasteiger charge is 2.30. The molecule has 0 radical (unpaired) electrons. The summed E-state index contributed by atoms with van der Waals surface area (Å²) in [5.74, 6) is -2.36. The van der Waals surface area contributed by atoms with E-state index in [1.807, 2.05) is 48.5 Å². The fourth-order valence-electron chi connectivity index (χ4n) is 4.21. The molecule has 0 atom stereocenters. The highest BCUT2D eigenvalue weighted by molar-refractivity contribution is 6.08. The number of nitrogens with one attached hydrogen (secondary N) is 1. The quantitative estimate of drug-likeness (QED) is 0.339. The van der Waals surface area contributed by atoms with Crippen molar-refractivity contribution in [2.45, 2.75) is 32.3 Å². The van der Waals surface area contributed by atoms with Gasteiger partial charge in [-0.2, -0.15) is 0 Å². The van der Waals surface area contributed by atoms with E-state index in [2.05, 4.69) is 5.32 Å². The van der Waals surface area contributed by atoms with E-state index in [0.717, 1.165) is 28.3 Å². The van der Waals surface area contributed by atoms with E-state index in [-0.39, 0.29) is 35.0 Å². The largest absolute Gasteiger partial charge is 0.478 e. The molecule has 0 saturated carbocycles. The number of ether oxygens (including phenoxy) is 2. The van der Waals surface area contributed by atoms with Crippen LogP contribution in [0.25, 0.3) is 11.1 Å². The van der Waals surface area contributed by atoms with Crippen molar-refractivity contribution in [2.75, 3.05) is 17.7 Å².